The molecule has 0 aliphatic heterocycles. The number of hydrogen-bond donors (Lipinski definition) is 2. The van der Waals surface area contributed by atoms with Gasteiger partial charge in [-0.25, -0.2) is 9.97 Å². The lowest BCUT2D eigenvalue weighted by Gasteiger charge is -2.00. The summed E-state index contributed by atoms with van der Waals surface area (Å²) >= 11 is 0. The number of benzene rings is 1. The third-order valence-electron chi connectivity index (χ3n) is 2.65. The molecule has 2 aromatic heterocycles. The van der Waals surface area contributed by atoms with Crippen molar-refractivity contribution in [2.24, 2.45) is 0 Å². The number of nitrogens with one attached hydrogen (secondary N) is 2. The zero-order valence-corrected chi connectivity index (χ0v) is 9.22. The average Bonchev–Trinajstić information content (AvgIpc) is 3.01. The SMILES string of the molecule is c1c[nH]c(Cc2ccc(-c3ncc[nH]3)cc2)n1. The minimum atomic E-state index is 0.825. The third kappa shape index (κ3) is 2.10. The highest BCUT2D eigenvalue weighted by Gasteiger charge is 2.01. The van der Waals surface area contributed by atoms with Crippen LogP contribution in [0.4, 0.5) is 0 Å². The molecule has 0 aliphatic carbocycles. The molecule has 17 heavy (non-hydrogen) atoms. The van der Waals surface area contributed by atoms with Crippen LogP contribution >= 0.6 is 0 Å². The van der Waals surface area contributed by atoms with E-state index in [-0.39, 0.29) is 0 Å². The van der Waals surface area contributed by atoms with Gasteiger partial charge in [0.1, 0.15) is 11.6 Å². The number of nitrogens with zero attached hydrogens (tertiary/aromatic N) is 2. The zero-order chi connectivity index (χ0) is 11.5. The number of imidazole rings is 2. The van der Waals surface area contributed by atoms with Crippen LogP contribution in [0, 0.1) is 0 Å². The molecule has 0 unspecified atom stereocenters. The summed E-state index contributed by atoms with van der Waals surface area (Å²) in [5.74, 6) is 1.88. The van der Waals surface area contributed by atoms with Crippen molar-refractivity contribution < 1.29 is 0 Å². The molecule has 0 radical (unpaired) electrons. The van der Waals surface area contributed by atoms with Crippen LogP contribution in [0.1, 0.15) is 11.4 Å². The minimum Gasteiger partial charge on any atom is -0.348 e. The molecule has 0 amide bonds. The number of hydrogen-bond acceptors (Lipinski definition) is 2. The van der Waals surface area contributed by atoms with Gasteiger partial charge in [0.2, 0.25) is 0 Å². The van der Waals surface area contributed by atoms with Gasteiger partial charge in [0.15, 0.2) is 0 Å². The molecule has 0 bridgehead atoms. The van der Waals surface area contributed by atoms with E-state index in [1.807, 2.05) is 12.4 Å². The van der Waals surface area contributed by atoms with Crippen molar-refractivity contribution in [3.63, 3.8) is 0 Å². The molecule has 2 N–H and O–H groups in total. The molecule has 3 aromatic rings. The van der Waals surface area contributed by atoms with E-state index in [1.165, 1.54) is 5.56 Å². The highest BCUT2D eigenvalue weighted by atomic mass is 14.9. The fraction of sp³-hybridized carbons (Fsp3) is 0.0769. The Bertz CT molecular complexity index is 564. The van der Waals surface area contributed by atoms with Crippen molar-refractivity contribution in [1.82, 2.24) is 19.9 Å². The number of aromatic amines is 2. The molecule has 0 atom stereocenters. The molecule has 3 rings (SSSR count). The van der Waals surface area contributed by atoms with Crippen LogP contribution < -0.4 is 0 Å². The lowest BCUT2D eigenvalue weighted by atomic mass is 10.1. The lowest BCUT2D eigenvalue weighted by Crippen LogP contribution is -1.90. The molecule has 0 saturated heterocycles. The Balaban J connectivity index is 1.81. The van der Waals surface area contributed by atoms with Crippen LogP contribution in [-0.2, 0) is 6.42 Å². The summed E-state index contributed by atoms with van der Waals surface area (Å²) in [6.07, 6.45) is 8.02. The molecule has 0 fully saturated rings. The quantitative estimate of drug-likeness (QED) is 0.717. The first-order valence-electron chi connectivity index (χ1n) is 5.49. The number of rotatable bonds is 3. The summed E-state index contributed by atoms with van der Waals surface area (Å²) in [6.45, 7) is 0. The predicted octanol–water partition coefficient (Wildman–Crippen LogP) is 2.39. The molecule has 0 spiro atoms. The van der Waals surface area contributed by atoms with Crippen molar-refractivity contribution in [2.45, 2.75) is 6.42 Å². The van der Waals surface area contributed by atoms with E-state index in [2.05, 4.69) is 44.2 Å². The Hall–Kier alpha value is -2.36. The van der Waals surface area contributed by atoms with Crippen LogP contribution in [-0.4, -0.2) is 19.9 Å². The molecule has 0 aliphatic rings. The largest absolute Gasteiger partial charge is 0.348 e. The maximum atomic E-state index is 4.22. The van der Waals surface area contributed by atoms with E-state index in [0.29, 0.717) is 0 Å². The van der Waals surface area contributed by atoms with Gasteiger partial charge in [-0.15, -0.1) is 0 Å². The summed E-state index contributed by atoms with van der Waals surface area (Å²) in [6, 6.07) is 8.33. The van der Waals surface area contributed by atoms with E-state index in [0.717, 1.165) is 23.6 Å². The van der Waals surface area contributed by atoms with Crippen molar-refractivity contribution in [1.29, 1.82) is 0 Å². The predicted molar refractivity (Wildman–Crippen MR) is 65.4 cm³/mol. The molecule has 1 aromatic carbocycles. The molecule has 0 saturated carbocycles. The standard InChI is InChI=1S/C13H12N4/c1-3-11(13-16-7-8-17-13)4-2-10(1)9-12-14-5-6-15-12/h1-8H,9H2,(H,14,15)(H,16,17). The average molecular weight is 224 g/mol. The maximum absolute atomic E-state index is 4.22. The molecular weight excluding hydrogens is 212 g/mol. The van der Waals surface area contributed by atoms with E-state index in [9.17, 15) is 0 Å². The number of H-pyrrole nitrogens is 2. The van der Waals surface area contributed by atoms with Gasteiger partial charge in [0.25, 0.3) is 0 Å². The topological polar surface area (TPSA) is 57.4 Å². The first-order valence-corrected chi connectivity index (χ1v) is 5.49. The van der Waals surface area contributed by atoms with Gasteiger partial charge in [-0.05, 0) is 5.56 Å². The van der Waals surface area contributed by atoms with Crippen LogP contribution in [0.2, 0.25) is 0 Å². The van der Waals surface area contributed by atoms with E-state index in [1.54, 1.807) is 12.4 Å². The van der Waals surface area contributed by atoms with Crippen LogP contribution in [0.3, 0.4) is 0 Å². The Kier molecular flexibility index (Phi) is 2.46. The first kappa shape index (κ1) is 9.84. The van der Waals surface area contributed by atoms with Crippen LogP contribution in [0.25, 0.3) is 11.4 Å². The Morgan fingerprint density at radius 2 is 1.65 bits per heavy atom. The van der Waals surface area contributed by atoms with Gasteiger partial charge < -0.3 is 9.97 Å². The summed E-state index contributed by atoms with van der Waals surface area (Å²) in [4.78, 5) is 14.6. The molecule has 2 heterocycles. The minimum absolute atomic E-state index is 0.825. The number of aromatic nitrogens is 4. The van der Waals surface area contributed by atoms with Gasteiger partial charge >= 0.3 is 0 Å². The van der Waals surface area contributed by atoms with Gasteiger partial charge in [0.05, 0.1) is 0 Å². The van der Waals surface area contributed by atoms with Gasteiger partial charge in [-0.1, -0.05) is 24.3 Å². The summed E-state index contributed by atoms with van der Waals surface area (Å²) < 4.78 is 0. The van der Waals surface area contributed by atoms with Crippen molar-refractivity contribution >= 4 is 0 Å². The first-order chi connectivity index (χ1) is 8.42. The highest BCUT2D eigenvalue weighted by Crippen LogP contribution is 2.16. The molecule has 4 heteroatoms. The summed E-state index contributed by atoms with van der Waals surface area (Å²) in [5, 5.41) is 0. The summed E-state index contributed by atoms with van der Waals surface area (Å²) in [7, 11) is 0. The van der Waals surface area contributed by atoms with E-state index >= 15 is 0 Å². The second-order valence-corrected chi connectivity index (χ2v) is 3.85. The highest BCUT2D eigenvalue weighted by molar-refractivity contribution is 5.55. The third-order valence-corrected chi connectivity index (χ3v) is 2.65. The second-order valence-electron chi connectivity index (χ2n) is 3.85. The van der Waals surface area contributed by atoms with Gasteiger partial charge in [0, 0.05) is 36.8 Å². The fourth-order valence-electron chi connectivity index (χ4n) is 1.79. The maximum Gasteiger partial charge on any atom is 0.137 e. The van der Waals surface area contributed by atoms with Crippen molar-refractivity contribution in [2.75, 3.05) is 0 Å². The Labute approximate surface area is 98.8 Å². The second kappa shape index (κ2) is 4.25. The smallest absolute Gasteiger partial charge is 0.137 e. The summed E-state index contributed by atoms with van der Waals surface area (Å²) in [5.41, 5.74) is 2.33. The molecule has 4 nitrogen and oxygen atoms in total. The van der Waals surface area contributed by atoms with Gasteiger partial charge in [-0.2, -0.15) is 0 Å². The van der Waals surface area contributed by atoms with E-state index < -0.39 is 0 Å². The lowest BCUT2D eigenvalue weighted by molar-refractivity contribution is 1.03. The Morgan fingerprint density at radius 3 is 2.29 bits per heavy atom. The van der Waals surface area contributed by atoms with Gasteiger partial charge in [-0.3, -0.25) is 0 Å². The van der Waals surface area contributed by atoms with E-state index in [4.69, 9.17) is 0 Å². The normalized spacial score (nSPS) is 10.6. The Morgan fingerprint density at radius 1 is 0.882 bits per heavy atom. The van der Waals surface area contributed by atoms with Crippen molar-refractivity contribution in [3.05, 3.63) is 60.4 Å². The molecule has 84 valence electrons. The zero-order valence-electron chi connectivity index (χ0n) is 9.22. The molecular formula is C13H12N4. The van der Waals surface area contributed by atoms with Crippen LogP contribution in [0.5, 0.6) is 0 Å². The van der Waals surface area contributed by atoms with Crippen LogP contribution in [0.15, 0.2) is 49.1 Å². The van der Waals surface area contributed by atoms with Crippen molar-refractivity contribution in [3.8, 4) is 11.4 Å². The monoisotopic (exact) mass is 224 g/mol. The fourth-order valence-corrected chi connectivity index (χ4v) is 1.79.